The van der Waals surface area contributed by atoms with E-state index in [2.05, 4.69) is 22.0 Å². The molecule has 0 unspecified atom stereocenters. The maximum Gasteiger partial charge on any atom is 0.339 e. The van der Waals surface area contributed by atoms with Crippen LogP contribution in [0.5, 0.6) is 0 Å². The molecule has 0 fully saturated rings. The molecule has 0 saturated carbocycles. The number of carbonyl (C=O) groups excluding carboxylic acids is 4. The largest absolute Gasteiger partial charge is 0.465 e. The van der Waals surface area contributed by atoms with Gasteiger partial charge in [-0.15, -0.1) is 0 Å². The zero-order chi connectivity index (χ0) is 31.6. The third kappa shape index (κ3) is 7.35. The highest BCUT2D eigenvalue weighted by Gasteiger charge is 2.35. The van der Waals surface area contributed by atoms with Crippen molar-refractivity contribution in [2.24, 2.45) is 0 Å². The van der Waals surface area contributed by atoms with Gasteiger partial charge in [0, 0.05) is 17.0 Å². The zero-order valence-corrected chi connectivity index (χ0v) is 25.1. The van der Waals surface area contributed by atoms with Crippen molar-refractivity contribution < 1.29 is 28.7 Å². The number of nitrogens with zero attached hydrogens (tertiary/aromatic N) is 1. The second kappa shape index (κ2) is 14.7. The van der Waals surface area contributed by atoms with Crippen LogP contribution in [0.4, 0.5) is 11.4 Å². The van der Waals surface area contributed by atoms with E-state index in [1.54, 1.807) is 62.4 Å². The zero-order valence-electron chi connectivity index (χ0n) is 24.3. The molecule has 0 aromatic heterocycles. The minimum absolute atomic E-state index is 0.0772. The summed E-state index contributed by atoms with van der Waals surface area (Å²) in [5, 5.41) is 19.5. The predicted octanol–water partition coefficient (Wildman–Crippen LogP) is 5.36. The summed E-state index contributed by atoms with van der Waals surface area (Å²) in [6.45, 7) is 3.71. The molecular formula is C33H30N4O6S. The molecule has 3 aromatic carbocycles. The molecular weight excluding hydrogens is 580 g/mol. The number of benzene rings is 3. The number of methoxy groups -OCH3 is 1. The van der Waals surface area contributed by atoms with Crippen molar-refractivity contribution in [2.75, 3.05) is 30.1 Å². The fourth-order valence-corrected chi connectivity index (χ4v) is 5.50. The van der Waals surface area contributed by atoms with Crippen molar-refractivity contribution in [1.82, 2.24) is 5.32 Å². The molecule has 0 aliphatic carbocycles. The number of nitriles is 1. The maximum atomic E-state index is 13.7. The predicted molar refractivity (Wildman–Crippen MR) is 168 cm³/mol. The fourth-order valence-electron chi connectivity index (χ4n) is 4.61. The van der Waals surface area contributed by atoms with Crippen molar-refractivity contribution >= 4 is 46.9 Å². The van der Waals surface area contributed by atoms with Gasteiger partial charge in [0.05, 0.1) is 58.9 Å². The van der Waals surface area contributed by atoms with E-state index in [0.717, 1.165) is 17.3 Å². The number of dihydropyridines is 1. The maximum absolute atomic E-state index is 13.7. The van der Waals surface area contributed by atoms with Crippen LogP contribution >= 0.6 is 11.8 Å². The Kier molecular flexibility index (Phi) is 10.6. The Morgan fingerprint density at radius 1 is 0.932 bits per heavy atom. The van der Waals surface area contributed by atoms with Crippen molar-refractivity contribution in [3.63, 3.8) is 0 Å². The first-order chi connectivity index (χ1) is 21.3. The molecule has 1 atom stereocenters. The third-order valence-corrected chi connectivity index (χ3v) is 7.65. The first kappa shape index (κ1) is 31.6. The lowest BCUT2D eigenvalue weighted by atomic mass is 9.82. The molecule has 44 heavy (non-hydrogen) atoms. The van der Waals surface area contributed by atoms with E-state index < -0.39 is 29.7 Å². The molecule has 1 aliphatic heterocycles. The quantitative estimate of drug-likeness (QED) is 0.258. The van der Waals surface area contributed by atoms with Gasteiger partial charge < -0.3 is 25.4 Å². The highest BCUT2D eigenvalue weighted by Crippen LogP contribution is 2.41. The minimum atomic E-state index is -0.716. The molecule has 0 saturated heterocycles. The number of rotatable bonds is 10. The van der Waals surface area contributed by atoms with Crippen LogP contribution in [0.15, 0.2) is 101 Å². The number of carbonyl (C=O) groups is 4. The van der Waals surface area contributed by atoms with Crippen LogP contribution in [0.25, 0.3) is 0 Å². The first-order valence-corrected chi connectivity index (χ1v) is 14.6. The van der Waals surface area contributed by atoms with Gasteiger partial charge >= 0.3 is 11.9 Å². The topological polar surface area (TPSA) is 147 Å². The molecule has 11 heteroatoms. The van der Waals surface area contributed by atoms with E-state index in [4.69, 9.17) is 9.47 Å². The number of ether oxygens (including phenoxy) is 2. The Balaban J connectivity index is 1.57. The van der Waals surface area contributed by atoms with Crippen LogP contribution in [0, 0.1) is 11.3 Å². The lowest BCUT2D eigenvalue weighted by molar-refractivity contribution is -0.114. The van der Waals surface area contributed by atoms with Gasteiger partial charge in [-0.2, -0.15) is 5.26 Å². The monoisotopic (exact) mass is 610 g/mol. The number of anilines is 2. The van der Waals surface area contributed by atoms with Crippen LogP contribution in [-0.2, 0) is 19.1 Å². The molecule has 1 aliphatic rings. The highest BCUT2D eigenvalue weighted by atomic mass is 32.2. The molecule has 224 valence electrons. The Bertz CT molecular complexity index is 1680. The third-order valence-electron chi connectivity index (χ3n) is 6.63. The number of allylic oxidation sites excluding steroid dienone is 2. The van der Waals surface area contributed by atoms with Gasteiger partial charge in [0.15, 0.2) is 0 Å². The van der Waals surface area contributed by atoms with Gasteiger partial charge in [-0.1, -0.05) is 54.2 Å². The molecule has 3 N–H and O–H groups in total. The summed E-state index contributed by atoms with van der Waals surface area (Å²) < 4.78 is 9.81. The lowest BCUT2D eigenvalue weighted by Crippen LogP contribution is -2.31. The van der Waals surface area contributed by atoms with Crippen LogP contribution in [0.2, 0.25) is 0 Å². The van der Waals surface area contributed by atoms with Crippen molar-refractivity contribution in [1.29, 1.82) is 5.26 Å². The second-order valence-corrected chi connectivity index (χ2v) is 10.5. The van der Waals surface area contributed by atoms with E-state index in [1.807, 2.05) is 30.3 Å². The number of esters is 2. The second-order valence-electron chi connectivity index (χ2n) is 9.49. The Morgan fingerprint density at radius 2 is 1.61 bits per heavy atom. The SMILES string of the molecule is CCOC(=O)c1ccc(NC(=O)C2=C(C)NC(SCC(=O)Nc3ccccc3C(=O)OC)=C(C#N)[C@H]2c2ccccc2)cc1. The molecule has 0 radical (unpaired) electrons. The average molecular weight is 611 g/mol. The Hall–Kier alpha value is -5.34. The van der Waals surface area contributed by atoms with Crippen LogP contribution in [-0.4, -0.2) is 43.2 Å². The lowest BCUT2D eigenvalue weighted by Gasteiger charge is -2.30. The highest BCUT2D eigenvalue weighted by molar-refractivity contribution is 8.03. The number of hydrogen-bond acceptors (Lipinski definition) is 9. The summed E-state index contributed by atoms with van der Waals surface area (Å²) in [6, 6.07) is 24.2. The van der Waals surface area contributed by atoms with Gasteiger partial charge in [-0.3, -0.25) is 9.59 Å². The Morgan fingerprint density at radius 3 is 2.27 bits per heavy atom. The standard InChI is InChI=1S/C33H30N4O6S/c1-4-43-32(40)22-14-16-23(17-15-22)36-30(39)28-20(2)35-31(25(18-34)29(28)21-10-6-5-7-11-21)44-19-27(38)37-26-13-9-8-12-24(26)33(41)42-3/h5-17,29,35H,4,19H2,1-3H3,(H,36,39)(H,37,38)/t29-/m1/s1. The molecule has 10 nitrogen and oxygen atoms in total. The smallest absolute Gasteiger partial charge is 0.339 e. The summed E-state index contributed by atoms with van der Waals surface area (Å²) in [7, 11) is 1.26. The summed E-state index contributed by atoms with van der Waals surface area (Å²) in [4.78, 5) is 50.7. The van der Waals surface area contributed by atoms with Gasteiger partial charge in [0.1, 0.15) is 0 Å². The molecule has 4 rings (SSSR count). The van der Waals surface area contributed by atoms with Gasteiger partial charge in [-0.05, 0) is 55.8 Å². The fraction of sp³-hybridized carbons (Fsp3) is 0.182. The van der Waals surface area contributed by atoms with Gasteiger partial charge in [-0.25, -0.2) is 9.59 Å². The van der Waals surface area contributed by atoms with E-state index in [-0.39, 0.29) is 23.5 Å². The van der Waals surface area contributed by atoms with Crippen LogP contribution < -0.4 is 16.0 Å². The summed E-state index contributed by atoms with van der Waals surface area (Å²) >= 11 is 1.11. The summed E-state index contributed by atoms with van der Waals surface area (Å²) in [6.07, 6.45) is 0. The normalized spacial score (nSPS) is 14.2. The average Bonchev–Trinajstić information content (AvgIpc) is 3.04. The summed E-state index contributed by atoms with van der Waals surface area (Å²) in [5.74, 6) is -2.66. The van der Waals surface area contributed by atoms with E-state index >= 15 is 0 Å². The van der Waals surface area contributed by atoms with E-state index in [9.17, 15) is 24.4 Å². The van der Waals surface area contributed by atoms with Crippen molar-refractivity contribution in [2.45, 2.75) is 19.8 Å². The van der Waals surface area contributed by atoms with Crippen LogP contribution in [0.1, 0.15) is 46.0 Å². The Labute approximate surface area is 259 Å². The van der Waals surface area contributed by atoms with Crippen LogP contribution in [0.3, 0.4) is 0 Å². The minimum Gasteiger partial charge on any atom is -0.465 e. The molecule has 3 aromatic rings. The number of para-hydroxylation sites is 1. The number of thioether (sulfide) groups is 1. The van der Waals surface area contributed by atoms with E-state index in [0.29, 0.717) is 33.2 Å². The summed E-state index contributed by atoms with van der Waals surface area (Å²) in [5.41, 5.74) is 3.19. The molecule has 1 heterocycles. The number of amides is 2. The number of hydrogen-bond donors (Lipinski definition) is 3. The first-order valence-electron chi connectivity index (χ1n) is 13.6. The van der Waals surface area contributed by atoms with Gasteiger partial charge in [0.25, 0.3) is 5.91 Å². The number of nitrogens with one attached hydrogen (secondary N) is 3. The van der Waals surface area contributed by atoms with Crippen molar-refractivity contribution in [3.8, 4) is 6.07 Å². The molecule has 0 spiro atoms. The molecule has 0 bridgehead atoms. The van der Waals surface area contributed by atoms with E-state index in [1.165, 1.54) is 7.11 Å². The van der Waals surface area contributed by atoms with Gasteiger partial charge in [0.2, 0.25) is 5.91 Å². The molecule has 2 amide bonds. The van der Waals surface area contributed by atoms with Crippen molar-refractivity contribution in [3.05, 3.63) is 117 Å².